The van der Waals surface area contributed by atoms with Crippen LogP contribution in [0.25, 0.3) is 10.9 Å². The molecule has 1 aromatic carbocycles. The number of aromatic nitrogens is 1. The molecule has 1 aromatic heterocycles. The van der Waals surface area contributed by atoms with E-state index in [1.54, 1.807) is 6.07 Å². The Morgan fingerprint density at radius 2 is 1.95 bits per heavy atom. The van der Waals surface area contributed by atoms with E-state index in [0.717, 1.165) is 10.9 Å². The first-order chi connectivity index (χ1) is 9.82. The normalized spacial score (nSPS) is 13.0. The second-order valence-corrected chi connectivity index (χ2v) is 6.28. The van der Waals surface area contributed by atoms with Crippen LogP contribution in [-0.2, 0) is 0 Å². The van der Waals surface area contributed by atoms with E-state index in [9.17, 15) is 4.79 Å². The van der Waals surface area contributed by atoms with Crippen molar-refractivity contribution in [2.45, 2.75) is 33.7 Å². The molecule has 0 aliphatic rings. The molecule has 4 N–H and O–H groups in total. The van der Waals surface area contributed by atoms with Crippen molar-refractivity contribution in [2.24, 2.45) is 11.3 Å². The third-order valence-electron chi connectivity index (χ3n) is 3.76. The summed E-state index contributed by atoms with van der Waals surface area (Å²) in [5, 5.41) is 3.86. The Balaban J connectivity index is 2.43. The average Bonchev–Trinajstić information content (AvgIpc) is 2.44. The molecule has 5 nitrogen and oxygen atoms in total. The van der Waals surface area contributed by atoms with Crippen LogP contribution >= 0.6 is 0 Å². The average molecular weight is 286 g/mol. The number of rotatable bonds is 3. The van der Waals surface area contributed by atoms with E-state index in [1.165, 1.54) is 0 Å². The van der Waals surface area contributed by atoms with Gasteiger partial charge in [0.15, 0.2) is 0 Å². The highest BCUT2D eigenvalue weighted by atomic mass is 16.1. The van der Waals surface area contributed by atoms with Gasteiger partial charge >= 0.3 is 0 Å². The zero-order chi connectivity index (χ0) is 15.6. The number of hydrogen-bond donors (Lipinski definition) is 3. The van der Waals surface area contributed by atoms with Gasteiger partial charge in [-0.3, -0.25) is 4.79 Å². The van der Waals surface area contributed by atoms with Gasteiger partial charge in [-0.25, -0.2) is 10.8 Å². The first-order valence-corrected chi connectivity index (χ1v) is 7.00. The minimum Gasteiger partial charge on any atom is -0.349 e. The molecule has 0 aliphatic heterocycles. The molecular formula is C16H22N4O. The lowest BCUT2D eigenvalue weighted by atomic mass is 9.88. The lowest BCUT2D eigenvalue weighted by Gasteiger charge is -2.28. The Morgan fingerprint density at radius 1 is 1.29 bits per heavy atom. The molecule has 0 saturated carbocycles. The highest BCUT2D eigenvalue weighted by Gasteiger charge is 2.23. The molecule has 0 aliphatic carbocycles. The van der Waals surface area contributed by atoms with Gasteiger partial charge in [0.05, 0.1) is 11.1 Å². The molecular weight excluding hydrogens is 264 g/mol. The summed E-state index contributed by atoms with van der Waals surface area (Å²) in [4.78, 5) is 16.9. The SMILES string of the molecule is CC(NC(=O)c1cc(NN)nc2ccccc12)C(C)(C)C. The largest absolute Gasteiger partial charge is 0.349 e. The van der Waals surface area contributed by atoms with Crippen LogP contribution in [0.4, 0.5) is 5.82 Å². The summed E-state index contributed by atoms with van der Waals surface area (Å²) in [6.07, 6.45) is 0. The molecule has 1 amide bonds. The predicted octanol–water partition coefficient (Wildman–Crippen LogP) is 2.68. The lowest BCUT2D eigenvalue weighted by molar-refractivity contribution is 0.0912. The highest BCUT2D eigenvalue weighted by Crippen LogP contribution is 2.22. The Morgan fingerprint density at radius 3 is 2.57 bits per heavy atom. The van der Waals surface area contributed by atoms with Gasteiger partial charge in [0.1, 0.15) is 5.82 Å². The zero-order valence-corrected chi connectivity index (χ0v) is 12.9. The van der Waals surface area contributed by atoms with Gasteiger partial charge in [0.25, 0.3) is 5.91 Å². The first kappa shape index (κ1) is 15.3. The van der Waals surface area contributed by atoms with Crippen molar-refractivity contribution in [2.75, 3.05) is 5.43 Å². The number of fused-ring (bicyclic) bond motifs is 1. The maximum absolute atomic E-state index is 12.6. The number of hydrogen-bond acceptors (Lipinski definition) is 4. The topological polar surface area (TPSA) is 80.0 Å². The van der Waals surface area contributed by atoms with E-state index in [1.807, 2.05) is 31.2 Å². The van der Waals surface area contributed by atoms with E-state index in [4.69, 9.17) is 5.84 Å². The number of nitrogens with zero attached hydrogens (tertiary/aromatic N) is 1. The summed E-state index contributed by atoms with van der Waals surface area (Å²) < 4.78 is 0. The van der Waals surface area contributed by atoms with Crippen molar-refractivity contribution in [1.29, 1.82) is 0 Å². The third kappa shape index (κ3) is 3.31. The summed E-state index contributed by atoms with van der Waals surface area (Å²) in [7, 11) is 0. The smallest absolute Gasteiger partial charge is 0.252 e. The summed E-state index contributed by atoms with van der Waals surface area (Å²) >= 11 is 0. The molecule has 1 atom stereocenters. The van der Waals surface area contributed by atoms with Crippen LogP contribution in [0.1, 0.15) is 38.1 Å². The van der Waals surface area contributed by atoms with E-state index >= 15 is 0 Å². The molecule has 1 heterocycles. The lowest BCUT2D eigenvalue weighted by Crippen LogP contribution is -2.41. The van der Waals surface area contributed by atoms with E-state index in [2.05, 4.69) is 36.5 Å². The fourth-order valence-electron chi connectivity index (χ4n) is 1.93. The van der Waals surface area contributed by atoms with Crippen LogP contribution in [0, 0.1) is 5.41 Å². The number of nitrogen functional groups attached to an aromatic ring is 1. The van der Waals surface area contributed by atoms with Gasteiger partial charge in [-0.15, -0.1) is 0 Å². The number of nitrogens with one attached hydrogen (secondary N) is 2. The first-order valence-electron chi connectivity index (χ1n) is 7.00. The highest BCUT2D eigenvalue weighted by molar-refractivity contribution is 6.07. The molecule has 0 radical (unpaired) electrons. The number of nitrogens with two attached hydrogens (primary N) is 1. The molecule has 21 heavy (non-hydrogen) atoms. The molecule has 2 aromatic rings. The van der Waals surface area contributed by atoms with Gasteiger partial charge in [-0.2, -0.15) is 0 Å². The molecule has 0 saturated heterocycles. The van der Waals surface area contributed by atoms with Crippen molar-refractivity contribution in [3.8, 4) is 0 Å². The molecule has 0 bridgehead atoms. The Hall–Kier alpha value is -2.14. The zero-order valence-electron chi connectivity index (χ0n) is 12.9. The minimum absolute atomic E-state index is 0.00651. The maximum atomic E-state index is 12.6. The molecule has 1 unspecified atom stereocenters. The third-order valence-corrected chi connectivity index (χ3v) is 3.76. The number of anilines is 1. The van der Waals surface area contributed by atoms with Crippen molar-refractivity contribution in [3.05, 3.63) is 35.9 Å². The number of pyridine rings is 1. The van der Waals surface area contributed by atoms with Crippen LogP contribution in [0.2, 0.25) is 0 Å². The van der Waals surface area contributed by atoms with E-state index in [-0.39, 0.29) is 17.4 Å². The minimum atomic E-state index is -0.118. The van der Waals surface area contributed by atoms with Crippen molar-refractivity contribution < 1.29 is 4.79 Å². The quantitative estimate of drug-likeness (QED) is 0.598. The summed E-state index contributed by atoms with van der Waals surface area (Å²) in [5.74, 6) is 5.79. The summed E-state index contributed by atoms with van der Waals surface area (Å²) in [5.41, 5.74) is 3.81. The monoisotopic (exact) mass is 286 g/mol. The predicted molar refractivity (Wildman–Crippen MR) is 85.9 cm³/mol. The summed E-state index contributed by atoms with van der Waals surface area (Å²) in [6, 6.07) is 9.25. The number of benzene rings is 1. The van der Waals surface area contributed by atoms with Crippen LogP contribution in [-0.4, -0.2) is 16.9 Å². The fraction of sp³-hybridized carbons (Fsp3) is 0.375. The standard InChI is InChI=1S/C16H22N4O/c1-10(16(2,3)4)18-15(21)12-9-14(20-17)19-13-8-6-5-7-11(12)13/h5-10H,17H2,1-4H3,(H,18,21)(H,19,20). The second kappa shape index (κ2) is 5.69. The van der Waals surface area contributed by atoms with Gasteiger partial charge in [0, 0.05) is 11.4 Å². The van der Waals surface area contributed by atoms with Crippen LogP contribution < -0.4 is 16.6 Å². The van der Waals surface area contributed by atoms with Crippen molar-refractivity contribution >= 4 is 22.6 Å². The number of carbonyl (C=O) groups excluding carboxylic acids is 1. The summed E-state index contributed by atoms with van der Waals surface area (Å²) in [6.45, 7) is 8.28. The second-order valence-electron chi connectivity index (χ2n) is 6.28. The molecule has 112 valence electrons. The number of hydrazine groups is 1. The van der Waals surface area contributed by atoms with Gasteiger partial charge < -0.3 is 10.7 Å². The van der Waals surface area contributed by atoms with Crippen LogP contribution in [0.15, 0.2) is 30.3 Å². The van der Waals surface area contributed by atoms with Gasteiger partial charge in [-0.1, -0.05) is 39.0 Å². The Kier molecular flexibility index (Phi) is 4.14. The van der Waals surface area contributed by atoms with Gasteiger partial charge in [-0.05, 0) is 24.5 Å². The van der Waals surface area contributed by atoms with Crippen LogP contribution in [0.3, 0.4) is 0 Å². The Bertz CT molecular complexity index is 661. The number of para-hydroxylation sites is 1. The van der Waals surface area contributed by atoms with Crippen LogP contribution in [0.5, 0.6) is 0 Å². The van der Waals surface area contributed by atoms with Gasteiger partial charge in [0.2, 0.25) is 0 Å². The van der Waals surface area contributed by atoms with E-state index in [0.29, 0.717) is 11.4 Å². The maximum Gasteiger partial charge on any atom is 0.252 e. The molecule has 0 spiro atoms. The number of amides is 1. The van der Waals surface area contributed by atoms with Crippen molar-refractivity contribution in [1.82, 2.24) is 10.3 Å². The van der Waals surface area contributed by atoms with Crippen molar-refractivity contribution in [3.63, 3.8) is 0 Å². The molecule has 5 heteroatoms. The molecule has 0 fully saturated rings. The number of carbonyl (C=O) groups is 1. The fourth-order valence-corrected chi connectivity index (χ4v) is 1.93. The Labute approximate surface area is 124 Å². The van der Waals surface area contributed by atoms with E-state index < -0.39 is 0 Å². The molecule has 2 rings (SSSR count).